The van der Waals surface area contributed by atoms with Gasteiger partial charge in [-0.2, -0.15) is 0 Å². The zero-order valence-corrected chi connectivity index (χ0v) is 19.9. The number of rotatable bonds is 10. The summed E-state index contributed by atoms with van der Waals surface area (Å²) >= 11 is 0. The molecule has 2 atom stereocenters. The second-order valence-electron chi connectivity index (χ2n) is 8.97. The maximum absolute atomic E-state index is 13.1. The zero-order valence-electron chi connectivity index (χ0n) is 19.9. The highest BCUT2D eigenvalue weighted by Gasteiger charge is 2.26. The lowest BCUT2D eigenvalue weighted by Crippen LogP contribution is -2.51. The molecule has 0 radical (unpaired) electrons. The molecule has 6 heteroatoms. The maximum Gasteiger partial charge on any atom is 0.251 e. The van der Waals surface area contributed by atoms with Crippen LogP contribution in [0.3, 0.4) is 0 Å². The van der Waals surface area contributed by atoms with Gasteiger partial charge >= 0.3 is 0 Å². The van der Waals surface area contributed by atoms with Crippen LogP contribution in [0.1, 0.15) is 42.3 Å². The molecule has 2 amide bonds. The largest absolute Gasteiger partial charge is 0.390 e. The Morgan fingerprint density at radius 2 is 1.56 bits per heavy atom. The normalized spacial score (nSPS) is 13.1. The molecule has 3 aromatic carbocycles. The SMILES string of the molecule is CC(=O)Nc1cccc(C(=O)N[C@@H](Cc2ccccc2)[C@H](O)CNC(C)(C)c2ccccc2)c1. The Kier molecular flexibility index (Phi) is 8.57. The Bertz CT molecular complexity index is 1080. The van der Waals surface area contributed by atoms with Crippen LogP contribution in [0, 0.1) is 0 Å². The summed E-state index contributed by atoms with van der Waals surface area (Å²) in [6.07, 6.45) is -0.349. The number of carbonyl (C=O) groups is 2. The lowest BCUT2D eigenvalue weighted by atomic mass is 9.93. The number of aliphatic hydroxyl groups is 1. The zero-order chi connectivity index (χ0) is 24.6. The van der Waals surface area contributed by atoms with E-state index in [1.165, 1.54) is 6.92 Å². The molecule has 3 aromatic rings. The Morgan fingerprint density at radius 1 is 0.912 bits per heavy atom. The van der Waals surface area contributed by atoms with Crippen molar-refractivity contribution >= 4 is 17.5 Å². The number of aliphatic hydroxyl groups excluding tert-OH is 1. The van der Waals surface area contributed by atoms with Gasteiger partial charge in [0.25, 0.3) is 5.91 Å². The van der Waals surface area contributed by atoms with Gasteiger partial charge in [-0.15, -0.1) is 0 Å². The molecule has 0 fully saturated rings. The van der Waals surface area contributed by atoms with Crippen molar-refractivity contribution in [3.8, 4) is 0 Å². The molecule has 0 saturated heterocycles. The molecule has 0 aliphatic heterocycles. The Labute approximate surface area is 201 Å². The van der Waals surface area contributed by atoms with E-state index in [4.69, 9.17) is 0 Å². The lowest BCUT2D eigenvalue weighted by Gasteiger charge is -2.31. The van der Waals surface area contributed by atoms with E-state index in [2.05, 4.69) is 29.8 Å². The van der Waals surface area contributed by atoms with Gasteiger partial charge in [-0.25, -0.2) is 0 Å². The van der Waals surface area contributed by atoms with Crippen molar-refractivity contribution in [1.29, 1.82) is 0 Å². The minimum atomic E-state index is -0.828. The molecule has 34 heavy (non-hydrogen) atoms. The average molecular weight is 460 g/mol. The Balaban J connectivity index is 1.74. The van der Waals surface area contributed by atoms with E-state index in [0.29, 0.717) is 24.2 Å². The molecular weight excluding hydrogens is 426 g/mol. The molecule has 0 aliphatic rings. The third-order valence-electron chi connectivity index (χ3n) is 5.77. The van der Waals surface area contributed by atoms with E-state index in [9.17, 15) is 14.7 Å². The maximum atomic E-state index is 13.1. The van der Waals surface area contributed by atoms with Crippen molar-refractivity contribution in [2.45, 2.75) is 44.9 Å². The lowest BCUT2D eigenvalue weighted by molar-refractivity contribution is -0.114. The van der Waals surface area contributed by atoms with Crippen molar-refractivity contribution in [2.75, 3.05) is 11.9 Å². The predicted octanol–water partition coefficient (Wildman–Crippen LogP) is 3.87. The predicted molar refractivity (Wildman–Crippen MR) is 136 cm³/mol. The number of hydrogen-bond donors (Lipinski definition) is 4. The molecule has 0 bridgehead atoms. The fourth-order valence-corrected chi connectivity index (χ4v) is 3.80. The number of hydrogen-bond acceptors (Lipinski definition) is 4. The summed E-state index contributed by atoms with van der Waals surface area (Å²) in [5.74, 6) is -0.517. The monoisotopic (exact) mass is 459 g/mol. The molecule has 0 saturated carbocycles. The van der Waals surface area contributed by atoms with Gasteiger partial charge < -0.3 is 21.1 Å². The summed E-state index contributed by atoms with van der Waals surface area (Å²) < 4.78 is 0. The van der Waals surface area contributed by atoms with Crippen LogP contribution < -0.4 is 16.0 Å². The second kappa shape index (κ2) is 11.6. The van der Waals surface area contributed by atoms with E-state index in [1.807, 2.05) is 60.7 Å². The van der Waals surface area contributed by atoms with Crippen LogP contribution in [0.15, 0.2) is 84.9 Å². The van der Waals surface area contributed by atoms with Crippen LogP contribution in [0.2, 0.25) is 0 Å². The number of anilines is 1. The summed E-state index contributed by atoms with van der Waals surface area (Å²) in [4.78, 5) is 24.4. The summed E-state index contributed by atoms with van der Waals surface area (Å²) in [6.45, 7) is 5.84. The van der Waals surface area contributed by atoms with Gasteiger partial charge in [0, 0.05) is 30.3 Å². The third kappa shape index (κ3) is 7.27. The number of nitrogens with one attached hydrogen (secondary N) is 3. The van der Waals surface area contributed by atoms with E-state index in [0.717, 1.165) is 11.1 Å². The molecule has 0 aromatic heterocycles. The van der Waals surface area contributed by atoms with Crippen LogP contribution in [0.4, 0.5) is 5.69 Å². The van der Waals surface area contributed by atoms with E-state index < -0.39 is 12.1 Å². The number of amides is 2. The fourth-order valence-electron chi connectivity index (χ4n) is 3.80. The first-order valence-electron chi connectivity index (χ1n) is 11.5. The van der Waals surface area contributed by atoms with Gasteiger partial charge in [0.05, 0.1) is 12.1 Å². The number of benzene rings is 3. The van der Waals surface area contributed by atoms with Crippen LogP contribution in [-0.2, 0) is 16.8 Å². The summed E-state index contributed by atoms with van der Waals surface area (Å²) in [5, 5.41) is 20.2. The van der Waals surface area contributed by atoms with Gasteiger partial charge in [0.1, 0.15) is 0 Å². The van der Waals surface area contributed by atoms with Gasteiger partial charge in [0.2, 0.25) is 5.91 Å². The van der Waals surface area contributed by atoms with Gasteiger partial charge in [-0.1, -0.05) is 66.7 Å². The van der Waals surface area contributed by atoms with E-state index >= 15 is 0 Å². The molecular formula is C28H33N3O3. The molecule has 4 N–H and O–H groups in total. The molecule has 3 rings (SSSR count). The molecule has 6 nitrogen and oxygen atoms in total. The van der Waals surface area contributed by atoms with Gasteiger partial charge in [0.15, 0.2) is 0 Å². The van der Waals surface area contributed by atoms with Crippen LogP contribution in [0.25, 0.3) is 0 Å². The molecule has 0 unspecified atom stereocenters. The van der Waals surface area contributed by atoms with Gasteiger partial charge in [-0.05, 0) is 49.6 Å². The highest BCUT2D eigenvalue weighted by molar-refractivity contribution is 5.97. The van der Waals surface area contributed by atoms with Crippen molar-refractivity contribution < 1.29 is 14.7 Å². The van der Waals surface area contributed by atoms with Crippen molar-refractivity contribution in [1.82, 2.24) is 10.6 Å². The number of carbonyl (C=O) groups excluding carboxylic acids is 2. The first-order chi connectivity index (χ1) is 16.2. The average Bonchev–Trinajstić information content (AvgIpc) is 2.83. The topological polar surface area (TPSA) is 90.5 Å². The van der Waals surface area contributed by atoms with E-state index in [-0.39, 0.29) is 17.4 Å². The smallest absolute Gasteiger partial charge is 0.251 e. The van der Waals surface area contributed by atoms with Crippen LogP contribution in [0.5, 0.6) is 0 Å². The standard InChI is InChI=1S/C28H33N3O3/c1-20(32)30-24-16-10-13-22(18-24)27(34)31-25(17-21-11-6-4-7-12-21)26(33)19-29-28(2,3)23-14-8-5-9-15-23/h4-16,18,25-26,29,33H,17,19H2,1-3H3,(H,30,32)(H,31,34)/t25-,26+/m0/s1. The Hall–Kier alpha value is -3.48. The van der Waals surface area contributed by atoms with E-state index in [1.54, 1.807) is 24.3 Å². The molecule has 0 heterocycles. The molecule has 0 spiro atoms. The van der Waals surface area contributed by atoms with Crippen molar-refractivity contribution in [3.63, 3.8) is 0 Å². The summed E-state index contributed by atoms with van der Waals surface area (Å²) in [6, 6.07) is 26.0. The molecule has 178 valence electrons. The minimum absolute atomic E-state index is 0.206. The summed E-state index contributed by atoms with van der Waals surface area (Å²) in [5.41, 5.74) is 2.73. The van der Waals surface area contributed by atoms with Crippen LogP contribution >= 0.6 is 0 Å². The van der Waals surface area contributed by atoms with Crippen molar-refractivity contribution in [3.05, 3.63) is 102 Å². The quantitative estimate of drug-likeness (QED) is 0.370. The first kappa shape index (κ1) is 25.1. The fraction of sp³-hybridized carbons (Fsp3) is 0.286. The van der Waals surface area contributed by atoms with Crippen LogP contribution in [-0.4, -0.2) is 35.6 Å². The second-order valence-corrected chi connectivity index (χ2v) is 8.97. The molecule has 0 aliphatic carbocycles. The highest BCUT2D eigenvalue weighted by atomic mass is 16.3. The summed E-state index contributed by atoms with van der Waals surface area (Å²) in [7, 11) is 0. The highest BCUT2D eigenvalue weighted by Crippen LogP contribution is 2.20. The van der Waals surface area contributed by atoms with Gasteiger partial charge in [-0.3, -0.25) is 9.59 Å². The minimum Gasteiger partial charge on any atom is -0.390 e. The first-order valence-corrected chi connectivity index (χ1v) is 11.5. The Morgan fingerprint density at radius 3 is 2.21 bits per heavy atom. The third-order valence-corrected chi connectivity index (χ3v) is 5.77. The van der Waals surface area contributed by atoms with Crippen molar-refractivity contribution in [2.24, 2.45) is 0 Å².